The Kier molecular flexibility index (Phi) is 5.53. The summed E-state index contributed by atoms with van der Waals surface area (Å²) < 4.78 is 5.28. The zero-order chi connectivity index (χ0) is 15.8. The Morgan fingerprint density at radius 2 is 2.18 bits per heavy atom. The number of furan rings is 1. The molecule has 0 aromatic carbocycles. The average Bonchev–Trinajstić information content (AvgIpc) is 3.01. The van der Waals surface area contributed by atoms with Crippen LogP contribution in [0.2, 0.25) is 0 Å². The van der Waals surface area contributed by atoms with Crippen molar-refractivity contribution in [1.82, 2.24) is 15.6 Å². The number of hydrogen-bond donors (Lipinski definition) is 3. The molecule has 116 valence electrons. The van der Waals surface area contributed by atoms with Gasteiger partial charge in [-0.2, -0.15) is 0 Å². The molecule has 7 nitrogen and oxygen atoms in total. The van der Waals surface area contributed by atoms with Crippen LogP contribution in [0.5, 0.6) is 0 Å². The Bertz CT molecular complexity index is 636. The van der Waals surface area contributed by atoms with E-state index in [2.05, 4.69) is 20.6 Å². The number of aromatic nitrogens is 1. The molecule has 22 heavy (non-hydrogen) atoms. The van der Waals surface area contributed by atoms with Crippen molar-refractivity contribution in [2.45, 2.75) is 13.0 Å². The van der Waals surface area contributed by atoms with Gasteiger partial charge in [0.15, 0.2) is 11.7 Å². The van der Waals surface area contributed by atoms with E-state index in [-0.39, 0.29) is 5.76 Å². The maximum Gasteiger partial charge on any atom is 0.284 e. The molecule has 0 saturated heterocycles. The summed E-state index contributed by atoms with van der Waals surface area (Å²) in [4.78, 5) is 19.3. The first-order valence-electron chi connectivity index (χ1n) is 6.92. The largest absolute Gasteiger partial charge is 0.454 e. The van der Waals surface area contributed by atoms with Gasteiger partial charge in [0.05, 0.1) is 6.54 Å². The zero-order valence-corrected chi connectivity index (χ0v) is 12.4. The molecule has 4 N–H and O–H groups in total. The molecule has 7 heteroatoms. The Labute approximate surface area is 128 Å². The molecule has 2 heterocycles. The minimum absolute atomic E-state index is 0.148. The second-order valence-corrected chi connectivity index (χ2v) is 4.55. The van der Waals surface area contributed by atoms with Crippen molar-refractivity contribution in [2.75, 3.05) is 13.6 Å². The molecule has 1 amide bonds. The summed E-state index contributed by atoms with van der Waals surface area (Å²) in [7, 11) is 1.69. The molecule has 0 spiro atoms. The van der Waals surface area contributed by atoms with Gasteiger partial charge >= 0.3 is 0 Å². The van der Waals surface area contributed by atoms with Gasteiger partial charge in [0, 0.05) is 31.9 Å². The molecule has 0 atom stereocenters. The standard InChI is InChI=1S/C15H19N5O2/c1-17-15(19-9-7-11-4-2-3-8-18-11)20-10-12-5-6-13(22-12)14(16)21/h2-6,8H,7,9-10H2,1H3,(H2,16,21)(H2,17,19,20). The number of rotatable bonds is 6. The Hall–Kier alpha value is -2.83. The summed E-state index contributed by atoms with van der Waals surface area (Å²) >= 11 is 0. The van der Waals surface area contributed by atoms with Gasteiger partial charge in [0.25, 0.3) is 5.91 Å². The molecule has 0 radical (unpaired) electrons. The highest BCUT2D eigenvalue weighted by Crippen LogP contribution is 2.06. The number of carbonyl (C=O) groups is 1. The molecule has 0 aliphatic carbocycles. The lowest BCUT2D eigenvalue weighted by atomic mass is 10.3. The van der Waals surface area contributed by atoms with Crippen LogP contribution < -0.4 is 16.4 Å². The molecule has 2 aromatic heterocycles. The molecule has 2 rings (SSSR count). The van der Waals surface area contributed by atoms with Crippen LogP contribution in [0.4, 0.5) is 0 Å². The van der Waals surface area contributed by atoms with Crippen LogP contribution in [-0.2, 0) is 13.0 Å². The fraction of sp³-hybridized carbons (Fsp3) is 0.267. The molecule has 0 unspecified atom stereocenters. The van der Waals surface area contributed by atoms with Crippen molar-refractivity contribution in [3.05, 3.63) is 53.7 Å². The van der Waals surface area contributed by atoms with Crippen LogP contribution in [0.1, 0.15) is 22.0 Å². The summed E-state index contributed by atoms with van der Waals surface area (Å²) in [6.07, 6.45) is 2.57. The highest BCUT2D eigenvalue weighted by atomic mass is 16.3. The van der Waals surface area contributed by atoms with E-state index in [9.17, 15) is 4.79 Å². The lowest BCUT2D eigenvalue weighted by Gasteiger charge is -2.10. The first-order valence-corrected chi connectivity index (χ1v) is 6.92. The second-order valence-electron chi connectivity index (χ2n) is 4.55. The number of hydrogen-bond acceptors (Lipinski definition) is 4. The third-order valence-electron chi connectivity index (χ3n) is 2.96. The van der Waals surface area contributed by atoms with Gasteiger partial charge < -0.3 is 20.8 Å². The normalized spacial score (nSPS) is 11.2. The van der Waals surface area contributed by atoms with Crippen molar-refractivity contribution in [3.63, 3.8) is 0 Å². The average molecular weight is 301 g/mol. The number of pyridine rings is 1. The topological polar surface area (TPSA) is 106 Å². The number of aliphatic imine (C=N–C) groups is 1. The smallest absolute Gasteiger partial charge is 0.284 e. The summed E-state index contributed by atoms with van der Waals surface area (Å²) in [5.41, 5.74) is 6.15. The number of primary amides is 1. The highest BCUT2D eigenvalue weighted by Gasteiger charge is 2.07. The molecular weight excluding hydrogens is 282 g/mol. The molecule has 2 aromatic rings. The molecule has 0 saturated carbocycles. The fourth-order valence-electron chi connectivity index (χ4n) is 1.85. The predicted octanol–water partition coefficient (Wildman–Crippen LogP) is 0.681. The Balaban J connectivity index is 1.76. The van der Waals surface area contributed by atoms with Crippen LogP contribution in [-0.4, -0.2) is 30.4 Å². The van der Waals surface area contributed by atoms with Crippen LogP contribution in [0.25, 0.3) is 0 Å². The first kappa shape index (κ1) is 15.6. The Morgan fingerprint density at radius 3 is 2.82 bits per heavy atom. The van der Waals surface area contributed by atoms with E-state index in [1.807, 2.05) is 18.2 Å². The number of guanidine groups is 1. The van der Waals surface area contributed by atoms with Gasteiger partial charge in [-0.25, -0.2) is 0 Å². The number of nitrogens with two attached hydrogens (primary N) is 1. The first-order chi connectivity index (χ1) is 10.7. The molecular formula is C15H19N5O2. The van der Waals surface area contributed by atoms with Crippen LogP contribution in [0.3, 0.4) is 0 Å². The third-order valence-corrected chi connectivity index (χ3v) is 2.96. The molecule has 0 aliphatic rings. The molecule has 0 bridgehead atoms. The molecule has 0 fully saturated rings. The number of nitrogens with zero attached hydrogens (tertiary/aromatic N) is 2. The van der Waals surface area contributed by atoms with E-state index in [1.165, 1.54) is 0 Å². The highest BCUT2D eigenvalue weighted by molar-refractivity contribution is 5.89. The van der Waals surface area contributed by atoms with Gasteiger partial charge in [-0.15, -0.1) is 0 Å². The van der Waals surface area contributed by atoms with Crippen LogP contribution in [0.15, 0.2) is 45.9 Å². The summed E-state index contributed by atoms with van der Waals surface area (Å²) in [5.74, 6) is 0.827. The summed E-state index contributed by atoms with van der Waals surface area (Å²) in [6.45, 7) is 1.12. The third kappa shape index (κ3) is 4.62. The number of nitrogens with one attached hydrogen (secondary N) is 2. The van der Waals surface area contributed by atoms with Crippen LogP contribution in [0, 0.1) is 0 Å². The van der Waals surface area contributed by atoms with Gasteiger partial charge in [-0.1, -0.05) is 6.07 Å². The van der Waals surface area contributed by atoms with E-state index in [1.54, 1.807) is 25.4 Å². The van der Waals surface area contributed by atoms with E-state index in [0.29, 0.717) is 24.8 Å². The van der Waals surface area contributed by atoms with Crippen LogP contribution >= 0.6 is 0 Å². The zero-order valence-electron chi connectivity index (χ0n) is 12.4. The van der Waals surface area contributed by atoms with Gasteiger partial charge in [0.2, 0.25) is 0 Å². The van der Waals surface area contributed by atoms with Crippen molar-refractivity contribution in [3.8, 4) is 0 Å². The van der Waals surface area contributed by atoms with Crippen molar-refractivity contribution in [2.24, 2.45) is 10.7 Å². The fourth-order valence-corrected chi connectivity index (χ4v) is 1.85. The van der Waals surface area contributed by atoms with Crippen molar-refractivity contribution < 1.29 is 9.21 Å². The lowest BCUT2D eigenvalue weighted by molar-refractivity contribution is 0.0972. The predicted molar refractivity (Wildman–Crippen MR) is 83.4 cm³/mol. The van der Waals surface area contributed by atoms with E-state index < -0.39 is 5.91 Å². The lowest BCUT2D eigenvalue weighted by Crippen LogP contribution is -2.37. The Morgan fingerprint density at radius 1 is 1.32 bits per heavy atom. The number of amides is 1. The van der Waals surface area contributed by atoms with Crippen molar-refractivity contribution in [1.29, 1.82) is 0 Å². The number of carbonyl (C=O) groups excluding carboxylic acids is 1. The van der Waals surface area contributed by atoms with Gasteiger partial charge in [-0.05, 0) is 24.3 Å². The van der Waals surface area contributed by atoms with E-state index in [4.69, 9.17) is 10.2 Å². The van der Waals surface area contributed by atoms with E-state index >= 15 is 0 Å². The summed E-state index contributed by atoms with van der Waals surface area (Å²) in [6, 6.07) is 9.08. The second kappa shape index (κ2) is 7.82. The van der Waals surface area contributed by atoms with Gasteiger partial charge in [-0.3, -0.25) is 14.8 Å². The maximum atomic E-state index is 11.0. The monoisotopic (exact) mass is 301 g/mol. The van der Waals surface area contributed by atoms with Gasteiger partial charge in [0.1, 0.15) is 5.76 Å². The summed E-state index contributed by atoms with van der Waals surface area (Å²) in [5, 5.41) is 6.28. The maximum absolute atomic E-state index is 11.0. The van der Waals surface area contributed by atoms with E-state index in [0.717, 1.165) is 12.1 Å². The quantitative estimate of drug-likeness (QED) is 0.537. The molecule has 0 aliphatic heterocycles. The minimum atomic E-state index is -0.580. The SMILES string of the molecule is CN=C(NCCc1ccccn1)NCc1ccc(C(N)=O)o1. The van der Waals surface area contributed by atoms with Crippen molar-refractivity contribution >= 4 is 11.9 Å². The minimum Gasteiger partial charge on any atom is -0.454 e.